The van der Waals surface area contributed by atoms with Crippen molar-refractivity contribution in [3.8, 4) is 0 Å². The Labute approximate surface area is 156 Å². The smallest absolute Gasteiger partial charge is 0.191 e. The average molecular weight is 361 g/mol. The van der Waals surface area contributed by atoms with E-state index >= 15 is 0 Å². The minimum Gasteiger partial charge on any atom is -0.393 e. The summed E-state index contributed by atoms with van der Waals surface area (Å²) in [4.78, 5) is 6.69. The van der Waals surface area contributed by atoms with E-state index in [1.54, 1.807) is 7.05 Å². The van der Waals surface area contributed by atoms with E-state index < -0.39 is 0 Å². The van der Waals surface area contributed by atoms with Gasteiger partial charge in [0, 0.05) is 46.4 Å². The molecule has 2 aliphatic heterocycles. The highest BCUT2D eigenvalue weighted by Crippen LogP contribution is 2.14. The lowest BCUT2D eigenvalue weighted by atomic mass is 10.1. The number of aliphatic hydroxyl groups is 1. The number of benzene rings is 1. The van der Waals surface area contributed by atoms with E-state index in [4.69, 9.17) is 4.74 Å². The predicted molar refractivity (Wildman–Crippen MR) is 104 cm³/mol. The van der Waals surface area contributed by atoms with Gasteiger partial charge in [0.1, 0.15) is 0 Å². The average Bonchev–Trinajstić information content (AvgIpc) is 3.18. The first-order chi connectivity index (χ1) is 12.7. The van der Waals surface area contributed by atoms with Gasteiger partial charge in [-0.05, 0) is 36.8 Å². The van der Waals surface area contributed by atoms with Crippen molar-refractivity contribution >= 4 is 5.96 Å². The lowest BCUT2D eigenvalue weighted by molar-refractivity contribution is 0.0792. The predicted octanol–water partition coefficient (Wildman–Crippen LogP) is 1.49. The molecule has 0 amide bonds. The van der Waals surface area contributed by atoms with Crippen LogP contribution in [0.15, 0.2) is 29.3 Å². The first-order valence-electron chi connectivity index (χ1n) is 9.77. The minimum absolute atomic E-state index is 0.108. The van der Waals surface area contributed by atoms with Gasteiger partial charge in [0.05, 0.1) is 12.2 Å². The molecule has 3 N–H and O–H groups in total. The number of hydrogen-bond acceptors (Lipinski definition) is 4. The van der Waals surface area contributed by atoms with Crippen molar-refractivity contribution in [3.63, 3.8) is 0 Å². The number of likely N-dealkylation sites (tertiary alicyclic amines) is 1. The van der Waals surface area contributed by atoms with E-state index in [0.717, 1.165) is 71.0 Å². The van der Waals surface area contributed by atoms with Gasteiger partial charge in [-0.3, -0.25) is 9.89 Å². The molecule has 1 aromatic rings. The van der Waals surface area contributed by atoms with Crippen molar-refractivity contribution in [2.45, 2.75) is 51.0 Å². The first-order valence-corrected chi connectivity index (χ1v) is 9.77. The van der Waals surface area contributed by atoms with Crippen LogP contribution in [-0.2, 0) is 17.8 Å². The Hall–Kier alpha value is -1.63. The number of ether oxygens (including phenoxy) is 1. The van der Waals surface area contributed by atoms with Crippen LogP contribution >= 0.6 is 0 Å². The van der Waals surface area contributed by atoms with Crippen LogP contribution in [0.2, 0.25) is 0 Å². The van der Waals surface area contributed by atoms with Gasteiger partial charge >= 0.3 is 0 Å². The Morgan fingerprint density at radius 2 is 1.88 bits per heavy atom. The molecule has 1 atom stereocenters. The highest BCUT2D eigenvalue weighted by Gasteiger charge is 2.17. The highest BCUT2D eigenvalue weighted by molar-refractivity contribution is 5.79. The molecule has 2 fully saturated rings. The van der Waals surface area contributed by atoms with Crippen LogP contribution in [0.4, 0.5) is 0 Å². The summed E-state index contributed by atoms with van der Waals surface area (Å²) in [7, 11) is 1.80. The van der Waals surface area contributed by atoms with Crippen molar-refractivity contribution in [1.29, 1.82) is 0 Å². The van der Waals surface area contributed by atoms with Crippen LogP contribution in [-0.4, -0.2) is 61.5 Å². The van der Waals surface area contributed by atoms with Crippen LogP contribution < -0.4 is 10.6 Å². The maximum atomic E-state index is 9.60. The summed E-state index contributed by atoms with van der Waals surface area (Å²) >= 11 is 0. The maximum Gasteiger partial charge on any atom is 0.191 e. The monoisotopic (exact) mass is 360 g/mol. The van der Waals surface area contributed by atoms with Crippen LogP contribution in [0, 0.1) is 0 Å². The number of aliphatic hydroxyl groups excluding tert-OH is 1. The lowest BCUT2D eigenvalue weighted by Crippen LogP contribution is -2.40. The van der Waals surface area contributed by atoms with Crippen molar-refractivity contribution in [2.24, 2.45) is 4.99 Å². The second-order valence-electron chi connectivity index (χ2n) is 7.27. The molecule has 2 aliphatic rings. The molecule has 6 nitrogen and oxygen atoms in total. The Morgan fingerprint density at radius 1 is 1.15 bits per heavy atom. The maximum absolute atomic E-state index is 9.60. The van der Waals surface area contributed by atoms with Gasteiger partial charge in [0.15, 0.2) is 5.96 Å². The Kier molecular flexibility index (Phi) is 7.29. The van der Waals surface area contributed by atoms with Gasteiger partial charge in [0.25, 0.3) is 0 Å². The molecule has 2 saturated heterocycles. The third kappa shape index (κ3) is 5.97. The van der Waals surface area contributed by atoms with Crippen LogP contribution in [0.5, 0.6) is 0 Å². The summed E-state index contributed by atoms with van der Waals surface area (Å²) in [6.07, 6.45) is 4.26. The van der Waals surface area contributed by atoms with E-state index in [0.29, 0.717) is 6.10 Å². The number of hydrogen-bond donors (Lipinski definition) is 3. The van der Waals surface area contributed by atoms with Gasteiger partial charge in [-0.1, -0.05) is 24.3 Å². The highest BCUT2D eigenvalue weighted by atomic mass is 16.5. The van der Waals surface area contributed by atoms with E-state index in [1.807, 2.05) is 0 Å². The molecule has 0 aliphatic carbocycles. The molecule has 3 rings (SSSR count). The molecule has 1 aromatic carbocycles. The quantitative estimate of drug-likeness (QED) is 0.530. The Morgan fingerprint density at radius 3 is 2.54 bits per heavy atom. The molecular formula is C20H32N4O2. The molecule has 0 aromatic heterocycles. The molecule has 26 heavy (non-hydrogen) atoms. The number of nitrogens with zero attached hydrogens (tertiary/aromatic N) is 2. The van der Waals surface area contributed by atoms with Crippen molar-refractivity contribution < 1.29 is 9.84 Å². The number of nitrogens with one attached hydrogen (secondary N) is 2. The minimum atomic E-state index is -0.108. The van der Waals surface area contributed by atoms with E-state index in [9.17, 15) is 5.11 Å². The third-order valence-electron chi connectivity index (χ3n) is 5.19. The summed E-state index contributed by atoms with van der Waals surface area (Å²) in [6.45, 7) is 5.37. The number of rotatable bonds is 6. The fraction of sp³-hybridized carbons (Fsp3) is 0.650. The summed E-state index contributed by atoms with van der Waals surface area (Å²) in [6, 6.07) is 8.75. The number of guanidine groups is 1. The van der Waals surface area contributed by atoms with E-state index in [-0.39, 0.29) is 6.10 Å². The molecule has 0 bridgehead atoms. The summed E-state index contributed by atoms with van der Waals surface area (Å²) in [5, 5.41) is 16.3. The summed E-state index contributed by atoms with van der Waals surface area (Å²) < 4.78 is 5.63. The molecule has 0 spiro atoms. The second-order valence-corrected chi connectivity index (χ2v) is 7.27. The molecule has 0 radical (unpaired) electrons. The van der Waals surface area contributed by atoms with Crippen LogP contribution in [0.3, 0.4) is 0 Å². The van der Waals surface area contributed by atoms with Gasteiger partial charge in [-0.25, -0.2) is 0 Å². The molecule has 2 heterocycles. The van der Waals surface area contributed by atoms with Crippen LogP contribution in [0.1, 0.15) is 36.8 Å². The fourth-order valence-corrected chi connectivity index (χ4v) is 3.52. The second kappa shape index (κ2) is 9.90. The normalized spacial score (nSPS) is 22.5. The van der Waals surface area contributed by atoms with E-state index in [1.165, 1.54) is 11.1 Å². The Balaban J connectivity index is 1.40. The summed E-state index contributed by atoms with van der Waals surface area (Å²) in [5.41, 5.74) is 2.56. The zero-order valence-corrected chi connectivity index (χ0v) is 15.8. The largest absolute Gasteiger partial charge is 0.393 e. The van der Waals surface area contributed by atoms with Gasteiger partial charge in [-0.15, -0.1) is 0 Å². The third-order valence-corrected chi connectivity index (χ3v) is 5.19. The van der Waals surface area contributed by atoms with Crippen molar-refractivity contribution in [3.05, 3.63) is 35.4 Å². The van der Waals surface area contributed by atoms with Gasteiger partial charge in [0.2, 0.25) is 0 Å². The Bertz CT molecular complexity index is 562. The zero-order valence-electron chi connectivity index (χ0n) is 15.8. The SMILES string of the molecule is CN=C(NCc1ccc(CN2CCC(O)CC2)cc1)NCC1CCCO1. The lowest BCUT2D eigenvalue weighted by Gasteiger charge is -2.29. The molecule has 144 valence electrons. The van der Waals surface area contributed by atoms with Crippen LogP contribution in [0.25, 0.3) is 0 Å². The first kappa shape index (κ1) is 19.1. The van der Waals surface area contributed by atoms with Gasteiger partial charge < -0.3 is 20.5 Å². The molecular weight excluding hydrogens is 328 g/mol. The number of piperidine rings is 1. The van der Waals surface area contributed by atoms with Crippen molar-refractivity contribution in [2.75, 3.05) is 33.3 Å². The molecule has 1 unspecified atom stereocenters. The molecule has 6 heteroatoms. The van der Waals surface area contributed by atoms with Gasteiger partial charge in [-0.2, -0.15) is 0 Å². The topological polar surface area (TPSA) is 69.1 Å². The number of aliphatic imine (C=N–C) groups is 1. The zero-order chi connectivity index (χ0) is 18.2. The summed E-state index contributed by atoms with van der Waals surface area (Å²) in [5.74, 6) is 0.816. The standard InChI is InChI=1S/C20H32N4O2/c1-21-20(23-14-19-3-2-12-26-19)22-13-16-4-6-17(7-5-16)15-24-10-8-18(25)9-11-24/h4-7,18-19,25H,2-3,8-15H2,1H3,(H2,21,22,23). The molecule has 0 saturated carbocycles. The van der Waals surface area contributed by atoms with E-state index in [2.05, 4.69) is 44.8 Å². The fourth-order valence-electron chi connectivity index (χ4n) is 3.52. The van der Waals surface area contributed by atoms with Crippen molar-refractivity contribution in [1.82, 2.24) is 15.5 Å².